The van der Waals surface area contributed by atoms with Crippen molar-refractivity contribution in [2.45, 2.75) is 122 Å². The molecular formula is C27H51NO2. The van der Waals surface area contributed by atoms with E-state index in [4.69, 9.17) is 4.74 Å². The number of ether oxygens (including phenoxy) is 1. The van der Waals surface area contributed by atoms with Gasteiger partial charge in [0.2, 0.25) is 0 Å². The van der Waals surface area contributed by atoms with E-state index in [9.17, 15) is 4.79 Å². The van der Waals surface area contributed by atoms with Crippen molar-refractivity contribution in [3.8, 4) is 0 Å². The quantitative estimate of drug-likeness (QED) is 0.0955. The Labute approximate surface area is 188 Å². The predicted octanol–water partition coefficient (Wildman–Crippen LogP) is 7.85. The topological polar surface area (TPSA) is 29.5 Å². The first-order chi connectivity index (χ1) is 14.6. The summed E-state index contributed by atoms with van der Waals surface area (Å²) >= 11 is 0. The lowest BCUT2D eigenvalue weighted by Gasteiger charge is -2.18. The van der Waals surface area contributed by atoms with E-state index in [1.54, 1.807) is 0 Å². The van der Waals surface area contributed by atoms with Gasteiger partial charge in [0, 0.05) is 6.42 Å². The van der Waals surface area contributed by atoms with Crippen molar-refractivity contribution in [3.05, 3.63) is 25.3 Å². The maximum atomic E-state index is 12.2. The van der Waals surface area contributed by atoms with Gasteiger partial charge in [0.25, 0.3) is 0 Å². The van der Waals surface area contributed by atoms with E-state index >= 15 is 0 Å². The van der Waals surface area contributed by atoms with Crippen LogP contribution in [-0.4, -0.2) is 37.6 Å². The Morgan fingerprint density at radius 3 is 1.60 bits per heavy atom. The lowest BCUT2D eigenvalue weighted by atomic mass is 10.0. The summed E-state index contributed by atoms with van der Waals surface area (Å²) in [5.41, 5.74) is 0. The first-order valence-electron chi connectivity index (χ1n) is 12.7. The second-order valence-electron chi connectivity index (χ2n) is 8.99. The van der Waals surface area contributed by atoms with E-state index in [0.29, 0.717) is 6.42 Å². The highest BCUT2D eigenvalue weighted by Crippen LogP contribution is 2.18. The Hall–Kier alpha value is -1.09. The molecule has 0 N–H and O–H groups in total. The third kappa shape index (κ3) is 21.6. The van der Waals surface area contributed by atoms with Gasteiger partial charge in [-0.2, -0.15) is 0 Å². The fourth-order valence-electron chi connectivity index (χ4n) is 3.78. The highest BCUT2D eigenvalue weighted by atomic mass is 16.5. The van der Waals surface area contributed by atoms with Gasteiger partial charge in [-0.1, -0.05) is 63.5 Å². The van der Waals surface area contributed by atoms with E-state index in [0.717, 1.165) is 38.6 Å². The minimum absolute atomic E-state index is 0.00398. The van der Waals surface area contributed by atoms with Crippen molar-refractivity contribution in [2.24, 2.45) is 0 Å². The number of esters is 1. The van der Waals surface area contributed by atoms with Crippen LogP contribution in [-0.2, 0) is 9.53 Å². The molecule has 30 heavy (non-hydrogen) atoms. The van der Waals surface area contributed by atoms with Crippen molar-refractivity contribution in [1.82, 2.24) is 4.90 Å². The Kier molecular flexibility index (Phi) is 21.8. The molecule has 3 nitrogen and oxygen atoms in total. The average molecular weight is 422 g/mol. The number of unbranched alkanes of at least 4 members (excludes halogenated alkanes) is 12. The lowest BCUT2D eigenvalue weighted by Crippen LogP contribution is -2.20. The van der Waals surface area contributed by atoms with Gasteiger partial charge in [0.15, 0.2) is 0 Å². The standard InChI is InChI=1S/C27H51NO2/c1-5-7-9-11-13-15-17-19-22-26(30-27(29)24-21-25-28(3)4)23-20-18-16-14-12-10-8-6-2/h5-6,26H,1-2,7-25H2,3-4H3. The molecule has 0 saturated carbocycles. The van der Waals surface area contributed by atoms with E-state index in [1.165, 1.54) is 77.0 Å². The van der Waals surface area contributed by atoms with Crippen molar-refractivity contribution in [3.63, 3.8) is 0 Å². The minimum Gasteiger partial charge on any atom is -0.462 e. The predicted molar refractivity (Wildman–Crippen MR) is 132 cm³/mol. The van der Waals surface area contributed by atoms with Gasteiger partial charge in [0.05, 0.1) is 0 Å². The van der Waals surface area contributed by atoms with E-state index in [-0.39, 0.29) is 12.1 Å². The smallest absolute Gasteiger partial charge is 0.306 e. The van der Waals surface area contributed by atoms with Gasteiger partial charge in [0.1, 0.15) is 6.10 Å². The fraction of sp³-hybridized carbons (Fsp3) is 0.815. The highest BCUT2D eigenvalue weighted by Gasteiger charge is 2.14. The van der Waals surface area contributed by atoms with E-state index < -0.39 is 0 Å². The van der Waals surface area contributed by atoms with Crippen molar-refractivity contribution < 1.29 is 9.53 Å². The Morgan fingerprint density at radius 2 is 1.17 bits per heavy atom. The van der Waals surface area contributed by atoms with Crippen LogP contribution in [0.2, 0.25) is 0 Å². The molecule has 0 fully saturated rings. The second-order valence-corrected chi connectivity index (χ2v) is 8.99. The van der Waals surface area contributed by atoms with Gasteiger partial charge < -0.3 is 9.64 Å². The summed E-state index contributed by atoms with van der Waals surface area (Å²) in [6, 6.07) is 0. The maximum Gasteiger partial charge on any atom is 0.306 e. The number of nitrogens with zero attached hydrogens (tertiary/aromatic N) is 1. The molecule has 0 aliphatic heterocycles. The van der Waals surface area contributed by atoms with Crippen molar-refractivity contribution in [2.75, 3.05) is 20.6 Å². The molecule has 0 aromatic rings. The number of rotatable bonds is 23. The van der Waals surface area contributed by atoms with E-state index in [2.05, 4.69) is 18.1 Å². The average Bonchev–Trinajstić information content (AvgIpc) is 2.71. The van der Waals surface area contributed by atoms with Crippen molar-refractivity contribution in [1.29, 1.82) is 0 Å². The molecule has 0 rings (SSSR count). The van der Waals surface area contributed by atoms with Crippen LogP contribution >= 0.6 is 0 Å². The zero-order chi connectivity index (χ0) is 22.3. The molecule has 0 radical (unpaired) electrons. The monoisotopic (exact) mass is 421 g/mol. The third-order valence-corrected chi connectivity index (χ3v) is 5.65. The van der Waals surface area contributed by atoms with Gasteiger partial charge in [-0.15, -0.1) is 13.2 Å². The van der Waals surface area contributed by atoms with Gasteiger partial charge in [-0.3, -0.25) is 4.79 Å². The molecule has 0 bridgehead atoms. The van der Waals surface area contributed by atoms with Gasteiger partial charge >= 0.3 is 5.97 Å². The first-order valence-corrected chi connectivity index (χ1v) is 12.7. The fourth-order valence-corrected chi connectivity index (χ4v) is 3.78. The van der Waals surface area contributed by atoms with Crippen LogP contribution in [0.5, 0.6) is 0 Å². The summed E-state index contributed by atoms with van der Waals surface area (Å²) in [6.45, 7) is 8.51. The number of hydrogen-bond acceptors (Lipinski definition) is 3. The Morgan fingerprint density at radius 1 is 0.733 bits per heavy atom. The molecule has 0 unspecified atom stereocenters. The molecule has 0 aliphatic carbocycles. The largest absolute Gasteiger partial charge is 0.462 e. The molecule has 176 valence electrons. The van der Waals surface area contributed by atoms with Gasteiger partial charge in [-0.25, -0.2) is 0 Å². The number of carbonyl (C=O) groups excluding carboxylic acids is 1. The molecule has 0 aromatic heterocycles. The SMILES string of the molecule is C=CCCCCCCCCC(CCCCCCCCC=C)OC(=O)CCCN(C)C. The summed E-state index contributed by atoms with van der Waals surface area (Å²) in [5.74, 6) is -0.00398. The zero-order valence-electron chi connectivity index (χ0n) is 20.3. The molecule has 0 amide bonds. The maximum absolute atomic E-state index is 12.2. The third-order valence-electron chi connectivity index (χ3n) is 5.65. The minimum atomic E-state index is -0.00398. The molecule has 0 spiro atoms. The summed E-state index contributed by atoms with van der Waals surface area (Å²) < 4.78 is 5.87. The van der Waals surface area contributed by atoms with Crippen LogP contribution in [0.25, 0.3) is 0 Å². The zero-order valence-corrected chi connectivity index (χ0v) is 20.3. The normalized spacial score (nSPS) is 11.2. The van der Waals surface area contributed by atoms with Crippen molar-refractivity contribution >= 4 is 5.97 Å². The Bertz CT molecular complexity index is 382. The van der Waals surface area contributed by atoms with Crippen LogP contribution in [0.15, 0.2) is 25.3 Å². The Balaban J connectivity index is 4.04. The summed E-state index contributed by atoms with van der Waals surface area (Å²) in [5, 5.41) is 0. The van der Waals surface area contributed by atoms with Gasteiger partial charge in [-0.05, 0) is 78.4 Å². The molecule has 0 atom stereocenters. The molecule has 0 saturated heterocycles. The lowest BCUT2D eigenvalue weighted by molar-refractivity contribution is -0.150. The first kappa shape index (κ1) is 28.9. The molecule has 0 aromatic carbocycles. The number of hydrogen-bond donors (Lipinski definition) is 0. The van der Waals surface area contributed by atoms with Crippen LogP contribution in [0.1, 0.15) is 116 Å². The summed E-state index contributed by atoms with van der Waals surface area (Å²) in [6.07, 6.45) is 25.2. The molecular weight excluding hydrogens is 370 g/mol. The number of allylic oxidation sites excluding steroid dienone is 2. The highest BCUT2D eigenvalue weighted by molar-refractivity contribution is 5.69. The summed E-state index contributed by atoms with van der Waals surface area (Å²) in [4.78, 5) is 14.4. The van der Waals surface area contributed by atoms with Crippen LogP contribution < -0.4 is 0 Å². The summed E-state index contributed by atoms with van der Waals surface area (Å²) in [7, 11) is 4.09. The molecule has 0 heterocycles. The van der Waals surface area contributed by atoms with Crippen LogP contribution in [0.3, 0.4) is 0 Å². The second kappa shape index (κ2) is 22.6. The van der Waals surface area contributed by atoms with Crippen LogP contribution in [0, 0.1) is 0 Å². The van der Waals surface area contributed by atoms with E-state index in [1.807, 2.05) is 26.2 Å². The number of carbonyl (C=O) groups is 1. The molecule has 3 heteroatoms. The van der Waals surface area contributed by atoms with Crippen LogP contribution in [0.4, 0.5) is 0 Å². The molecule has 0 aliphatic rings.